The van der Waals surface area contributed by atoms with Crippen LogP contribution in [0.4, 0.5) is 11.8 Å². The summed E-state index contributed by atoms with van der Waals surface area (Å²) in [5.74, 6) is 0.990. The van der Waals surface area contributed by atoms with E-state index in [2.05, 4.69) is 31.2 Å². The van der Waals surface area contributed by atoms with Gasteiger partial charge in [-0.25, -0.2) is 4.98 Å². The number of nitrogens with zero attached hydrogens (tertiary/aromatic N) is 2. The summed E-state index contributed by atoms with van der Waals surface area (Å²) in [4.78, 5) is 9.32. The van der Waals surface area contributed by atoms with Crippen LogP contribution in [0.3, 0.4) is 0 Å². The Morgan fingerprint density at radius 2 is 2.12 bits per heavy atom. The van der Waals surface area contributed by atoms with Gasteiger partial charge in [0.1, 0.15) is 10.8 Å². The van der Waals surface area contributed by atoms with Crippen molar-refractivity contribution in [2.24, 2.45) is 0 Å². The van der Waals surface area contributed by atoms with Crippen molar-refractivity contribution < 1.29 is 0 Å². The van der Waals surface area contributed by atoms with Crippen molar-refractivity contribution in [2.75, 3.05) is 18.1 Å². The summed E-state index contributed by atoms with van der Waals surface area (Å²) in [6.45, 7) is 0. The van der Waals surface area contributed by atoms with Crippen LogP contribution in [0.5, 0.6) is 0 Å². The first-order valence-electron chi connectivity index (χ1n) is 4.93. The molecule has 0 amide bonds. The molecule has 0 aliphatic rings. The van der Waals surface area contributed by atoms with Crippen LogP contribution in [-0.4, -0.2) is 17.0 Å². The summed E-state index contributed by atoms with van der Waals surface area (Å²) in [5.41, 5.74) is 5.63. The molecule has 1 heterocycles. The number of hydrogen-bond acceptors (Lipinski definition) is 5. The number of anilines is 2. The van der Waals surface area contributed by atoms with Gasteiger partial charge in [-0.15, -0.1) is 0 Å². The number of rotatable bonds is 3. The van der Waals surface area contributed by atoms with E-state index in [4.69, 9.17) is 5.73 Å². The van der Waals surface area contributed by atoms with Crippen LogP contribution in [0.1, 0.15) is 0 Å². The Balaban J connectivity index is 2.26. The summed E-state index contributed by atoms with van der Waals surface area (Å²) >= 11 is 4.98. The predicted molar refractivity (Wildman–Crippen MR) is 74.3 cm³/mol. The maximum Gasteiger partial charge on any atom is 0.223 e. The second-order valence-electron chi connectivity index (χ2n) is 3.26. The molecule has 1 aromatic heterocycles. The number of nitrogens with one attached hydrogen (secondary N) is 1. The fourth-order valence-electron chi connectivity index (χ4n) is 1.27. The van der Waals surface area contributed by atoms with E-state index in [1.165, 1.54) is 0 Å². The molecule has 0 aliphatic heterocycles. The van der Waals surface area contributed by atoms with Crippen molar-refractivity contribution in [3.63, 3.8) is 0 Å². The maximum absolute atomic E-state index is 5.63. The average molecular weight is 311 g/mol. The number of benzene rings is 1. The molecule has 17 heavy (non-hydrogen) atoms. The lowest BCUT2D eigenvalue weighted by Gasteiger charge is -2.05. The molecule has 0 spiro atoms. The molecular weight excluding hydrogens is 300 g/mol. The molecule has 0 saturated heterocycles. The topological polar surface area (TPSA) is 63.8 Å². The summed E-state index contributed by atoms with van der Waals surface area (Å²) in [6.07, 6.45) is 0. The van der Waals surface area contributed by atoms with Gasteiger partial charge in [-0.1, -0.05) is 33.8 Å². The number of hydrogen-bond donors (Lipinski definition) is 2. The van der Waals surface area contributed by atoms with Crippen molar-refractivity contribution in [3.8, 4) is 0 Å². The highest BCUT2D eigenvalue weighted by Gasteiger charge is 2.03. The number of nitrogen functional groups attached to an aromatic ring is 1. The Bertz CT molecular complexity index is 533. The minimum atomic E-state index is 0.273. The maximum atomic E-state index is 5.63. The molecule has 1 aromatic carbocycles. The third-order valence-corrected chi connectivity index (χ3v) is 3.40. The van der Waals surface area contributed by atoms with Crippen LogP contribution in [0.2, 0.25) is 0 Å². The lowest BCUT2D eigenvalue weighted by Crippen LogP contribution is -2.00. The molecule has 6 heteroatoms. The second-order valence-corrected chi connectivity index (χ2v) is 5.27. The number of aromatic nitrogens is 2. The highest BCUT2D eigenvalue weighted by atomic mass is 79.9. The largest absolute Gasteiger partial charge is 0.373 e. The molecule has 4 nitrogen and oxygen atoms in total. The van der Waals surface area contributed by atoms with Crippen LogP contribution in [-0.2, 0) is 0 Å². The Kier molecular flexibility index (Phi) is 3.86. The lowest BCUT2D eigenvalue weighted by molar-refractivity contribution is 1.06. The average Bonchev–Trinajstić information content (AvgIpc) is 2.28. The minimum absolute atomic E-state index is 0.273. The zero-order valence-electron chi connectivity index (χ0n) is 9.14. The van der Waals surface area contributed by atoms with Crippen LogP contribution in [0.15, 0.2) is 44.7 Å². The first kappa shape index (κ1) is 12.2. The normalized spacial score (nSPS) is 10.2. The summed E-state index contributed by atoms with van der Waals surface area (Å²) < 4.78 is 1.04. The fraction of sp³-hybridized carbons (Fsp3) is 0.0909. The molecule has 2 aromatic rings. The van der Waals surface area contributed by atoms with Crippen LogP contribution < -0.4 is 11.1 Å². The van der Waals surface area contributed by atoms with Crippen LogP contribution >= 0.6 is 27.7 Å². The van der Waals surface area contributed by atoms with Gasteiger partial charge < -0.3 is 11.1 Å². The van der Waals surface area contributed by atoms with Crippen LogP contribution in [0, 0.1) is 0 Å². The zero-order valence-corrected chi connectivity index (χ0v) is 11.5. The van der Waals surface area contributed by atoms with Crippen molar-refractivity contribution in [2.45, 2.75) is 9.92 Å². The van der Waals surface area contributed by atoms with Crippen molar-refractivity contribution in [1.82, 2.24) is 9.97 Å². The number of halogens is 1. The Hall–Kier alpha value is -1.27. The van der Waals surface area contributed by atoms with Gasteiger partial charge in [-0.05, 0) is 18.2 Å². The van der Waals surface area contributed by atoms with Gasteiger partial charge in [0.15, 0.2) is 0 Å². The Morgan fingerprint density at radius 1 is 1.29 bits per heavy atom. The molecule has 88 valence electrons. The standard InChI is InChI=1S/C11H11BrN4S/c1-14-9-6-10(16-11(13)15-9)17-8-4-2-3-7(12)5-8/h2-6H,1H3,(H3,13,14,15,16). The summed E-state index contributed by atoms with van der Waals surface area (Å²) in [5, 5.41) is 3.77. The minimum Gasteiger partial charge on any atom is -0.373 e. The third-order valence-electron chi connectivity index (χ3n) is 1.99. The molecule has 0 fully saturated rings. The second kappa shape index (κ2) is 5.37. The smallest absolute Gasteiger partial charge is 0.223 e. The van der Waals surface area contributed by atoms with Gasteiger partial charge in [-0.2, -0.15) is 4.98 Å². The van der Waals surface area contributed by atoms with Gasteiger partial charge in [0.05, 0.1) is 0 Å². The molecule has 3 N–H and O–H groups in total. The van der Waals surface area contributed by atoms with E-state index in [0.717, 1.165) is 20.2 Å². The van der Waals surface area contributed by atoms with E-state index in [1.807, 2.05) is 30.3 Å². The Morgan fingerprint density at radius 3 is 2.82 bits per heavy atom. The van der Waals surface area contributed by atoms with Crippen LogP contribution in [0.25, 0.3) is 0 Å². The zero-order chi connectivity index (χ0) is 12.3. The van der Waals surface area contributed by atoms with Crippen molar-refractivity contribution in [3.05, 3.63) is 34.8 Å². The fourth-order valence-corrected chi connectivity index (χ4v) is 2.71. The molecule has 0 aliphatic carbocycles. The van der Waals surface area contributed by atoms with E-state index in [9.17, 15) is 0 Å². The quantitative estimate of drug-likeness (QED) is 0.853. The van der Waals surface area contributed by atoms with Gasteiger partial charge in [0.2, 0.25) is 5.95 Å². The monoisotopic (exact) mass is 310 g/mol. The molecule has 0 saturated carbocycles. The van der Waals surface area contributed by atoms with Gasteiger partial charge in [0, 0.05) is 22.5 Å². The molecule has 0 unspecified atom stereocenters. The first-order valence-corrected chi connectivity index (χ1v) is 6.54. The highest BCUT2D eigenvalue weighted by Crippen LogP contribution is 2.29. The first-order chi connectivity index (χ1) is 8.17. The van der Waals surface area contributed by atoms with E-state index in [0.29, 0.717) is 0 Å². The van der Waals surface area contributed by atoms with Crippen molar-refractivity contribution in [1.29, 1.82) is 0 Å². The molecule has 0 bridgehead atoms. The van der Waals surface area contributed by atoms with E-state index >= 15 is 0 Å². The lowest BCUT2D eigenvalue weighted by atomic mass is 10.4. The highest BCUT2D eigenvalue weighted by molar-refractivity contribution is 9.10. The van der Waals surface area contributed by atoms with Crippen molar-refractivity contribution >= 4 is 39.5 Å². The molecule has 0 atom stereocenters. The summed E-state index contributed by atoms with van der Waals surface area (Å²) in [7, 11) is 1.80. The van der Waals surface area contributed by atoms with E-state index in [-0.39, 0.29) is 5.95 Å². The molecule has 2 rings (SSSR count). The Labute approximate surface area is 112 Å². The third kappa shape index (κ3) is 3.34. The van der Waals surface area contributed by atoms with Gasteiger partial charge in [-0.3, -0.25) is 0 Å². The van der Waals surface area contributed by atoms with E-state index < -0.39 is 0 Å². The predicted octanol–water partition coefficient (Wildman–Crippen LogP) is 3.01. The SMILES string of the molecule is CNc1cc(Sc2cccc(Br)c2)nc(N)n1. The molecule has 0 radical (unpaired) electrons. The molecular formula is C11H11BrN4S. The van der Waals surface area contributed by atoms with Gasteiger partial charge in [0.25, 0.3) is 0 Å². The van der Waals surface area contributed by atoms with Gasteiger partial charge >= 0.3 is 0 Å². The summed E-state index contributed by atoms with van der Waals surface area (Å²) in [6, 6.07) is 9.88. The van der Waals surface area contributed by atoms with E-state index in [1.54, 1.807) is 18.8 Å². The number of nitrogens with two attached hydrogens (primary N) is 1.